The van der Waals surface area contributed by atoms with E-state index in [0.29, 0.717) is 0 Å². The highest BCUT2D eigenvalue weighted by Crippen LogP contribution is 2.47. The van der Waals surface area contributed by atoms with Gasteiger partial charge in [0.05, 0.1) is 5.54 Å². The number of anilines is 1. The van der Waals surface area contributed by atoms with Crippen molar-refractivity contribution in [2.75, 3.05) is 11.9 Å². The van der Waals surface area contributed by atoms with Gasteiger partial charge in [0.1, 0.15) is 5.82 Å². The maximum Gasteiger partial charge on any atom is 0.128 e. The molecule has 1 aromatic heterocycles. The molecule has 0 radical (unpaired) electrons. The van der Waals surface area contributed by atoms with Crippen LogP contribution in [-0.2, 0) is 5.54 Å². The van der Waals surface area contributed by atoms with Crippen molar-refractivity contribution in [3.8, 4) is 11.1 Å². The third kappa shape index (κ3) is 4.27. The molecular weight excluding hydrogens is 379 g/mol. The number of rotatable bonds is 4. The molecule has 0 aliphatic heterocycles. The molecule has 0 spiro atoms. The SMILES string of the molecule is CN(c1ccccn1)C1(c2ccc(-c3ccccc3)cc2)CCC1.Cl.Cl.O. The summed E-state index contributed by atoms with van der Waals surface area (Å²) in [5, 5.41) is 0. The van der Waals surface area contributed by atoms with Gasteiger partial charge in [-0.1, -0.05) is 60.7 Å². The van der Waals surface area contributed by atoms with Crippen molar-refractivity contribution in [2.24, 2.45) is 0 Å². The molecule has 0 bridgehead atoms. The lowest BCUT2D eigenvalue weighted by Crippen LogP contribution is -2.49. The summed E-state index contributed by atoms with van der Waals surface area (Å²) in [4.78, 5) is 6.90. The lowest BCUT2D eigenvalue weighted by molar-refractivity contribution is 0.239. The van der Waals surface area contributed by atoms with Gasteiger partial charge >= 0.3 is 0 Å². The van der Waals surface area contributed by atoms with Crippen LogP contribution in [-0.4, -0.2) is 17.5 Å². The first-order valence-corrected chi connectivity index (χ1v) is 8.60. The molecule has 4 rings (SSSR count). The van der Waals surface area contributed by atoms with Crippen molar-refractivity contribution < 1.29 is 5.48 Å². The first kappa shape index (κ1) is 23.0. The molecule has 1 heterocycles. The average molecular weight is 405 g/mol. The van der Waals surface area contributed by atoms with Crippen LogP contribution >= 0.6 is 24.8 Å². The minimum Gasteiger partial charge on any atom is -0.412 e. The Balaban J connectivity index is 0.00000121. The number of hydrogen-bond donors (Lipinski definition) is 0. The second-order valence-corrected chi connectivity index (χ2v) is 6.58. The van der Waals surface area contributed by atoms with Crippen LogP contribution in [0.4, 0.5) is 5.82 Å². The minimum atomic E-state index is 0. The monoisotopic (exact) mass is 404 g/mol. The molecule has 0 atom stereocenters. The van der Waals surface area contributed by atoms with Crippen LogP contribution in [0.5, 0.6) is 0 Å². The lowest BCUT2D eigenvalue weighted by Gasteiger charge is -2.50. The van der Waals surface area contributed by atoms with Gasteiger partial charge in [0.15, 0.2) is 0 Å². The maximum absolute atomic E-state index is 4.54. The average Bonchev–Trinajstić information content (AvgIpc) is 2.63. The van der Waals surface area contributed by atoms with Gasteiger partial charge in [-0.15, -0.1) is 24.8 Å². The number of pyridine rings is 1. The van der Waals surface area contributed by atoms with E-state index in [1.165, 1.54) is 36.0 Å². The molecule has 1 saturated carbocycles. The highest BCUT2D eigenvalue weighted by molar-refractivity contribution is 5.85. The number of aromatic nitrogens is 1. The predicted molar refractivity (Wildman–Crippen MR) is 118 cm³/mol. The van der Waals surface area contributed by atoms with Gasteiger partial charge in [0.2, 0.25) is 0 Å². The second-order valence-electron chi connectivity index (χ2n) is 6.58. The Morgan fingerprint density at radius 1 is 0.778 bits per heavy atom. The van der Waals surface area contributed by atoms with Crippen molar-refractivity contribution in [3.05, 3.63) is 84.6 Å². The molecule has 27 heavy (non-hydrogen) atoms. The van der Waals surface area contributed by atoms with Crippen LogP contribution in [0, 0.1) is 0 Å². The number of nitrogens with zero attached hydrogens (tertiary/aromatic N) is 2. The summed E-state index contributed by atoms with van der Waals surface area (Å²) in [6.45, 7) is 0. The Bertz CT molecular complexity index is 807. The lowest BCUT2D eigenvalue weighted by atomic mass is 9.70. The summed E-state index contributed by atoms with van der Waals surface area (Å²) >= 11 is 0. The first-order valence-electron chi connectivity index (χ1n) is 8.60. The van der Waals surface area contributed by atoms with Gasteiger partial charge in [-0.05, 0) is 48.1 Å². The fourth-order valence-electron chi connectivity index (χ4n) is 3.70. The zero-order chi connectivity index (χ0) is 16.4. The van der Waals surface area contributed by atoms with Gasteiger partial charge < -0.3 is 10.4 Å². The molecule has 2 N–H and O–H groups in total. The Hall–Kier alpha value is -2.07. The standard InChI is InChI=1S/C22H22N2.2ClH.H2O/c1-24(21-10-5-6-17-23-21)22(15-7-16-22)20-13-11-19(12-14-20)18-8-3-2-4-9-18;;;/h2-6,8-14,17H,7,15-16H2,1H3;2*1H;1H2. The molecule has 1 aliphatic rings. The summed E-state index contributed by atoms with van der Waals surface area (Å²) in [7, 11) is 2.17. The quantitative estimate of drug-likeness (QED) is 0.593. The van der Waals surface area contributed by atoms with Crippen LogP contribution in [0.3, 0.4) is 0 Å². The van der Waals surface area contributed by atoms with Crippen LogP contribution < -0.4 is 4.90 Å². The summed E-state index contributed by atoms with van der Waals surface area (Å²) < 4.78 is 0. The van der Waals surface area contributed by atoms with E-state index in [2.05, 4.69) is 83.7 Å². The third-order valence-electron chi connectivity index (χ3n) is 5.35. The Morgan fingerprint density at radius 3 is 1.89 bits per heavy atom. The van der Waals surface area contributed by atoms with Crippen molar-refractivity contribution in [2.45, 2.75) is 24.8 Å². The summed E-state index contributed by atoms with van der Waals surface area (Å²) in [5.41, 5.74) is 4.02. The van der Waals surface area contributed by atoms with Gasteiger partial charge in [-0.3, -0.25) is 0 Å². The number of hydrogen-bond acceptors (Lipinski definition) is 2. The zero-order valence-corrected chi connectivity index (χ0v) is 17.0. The predicted octanol–water partition coefficient (Wildman–Crippen LogP) is 5.28. The molecule has 1 fully saturated rings. The molecular formula is C22H26Cl2N2O. The van der Waals surface area contributed by atoms with Gasteiger partial charge in [-0.25, -0.2) is 4.98 Å². The van der Waals surface area contributed by atoms with Crippen LogP contribution in [0.15, 0.2) is 79.0 Å². The molecule has 3 aromatic rings. The topological polar surface area (TPSA) is 47.6 Å². The highest BCUT2D eigenvalue weighted by Gasteiger charge is 2.42. The fourth-order valence-corrected chi connectivity index (χ4v) is 3.70. The van der Waals surface area contributed by atoms with Gasteiger partial charge in [-0.2, -0.15) is 0 Å². The molecule has 144 valence electrons. The van der Waals surface area contributed by atoms with E-state index in [9.17, 15) is 0 Å². The summed E-state index contributed by atoms with van der Waals surface area (Å²) in [6.07, 6.45) is 5.52. The van der Waals surface area contributed by atoms with E-state index in [1.54, 1.807) is 0 Å². The summed E-state index contributed by atoms with van der Waals surface area (Å²) in [6, 6.07) is 25.8. The molecule has 0 saturated heterocycles. The normalized spacial score (nSPS) is 13.8. The van der Waals surface area contributed by atoms with Crippen LogP contribution in [0.1, 0.15) is 24.8 Å². The smallest absolute Gasteiger partial charge is 0.128 e. The molecule has 2 aromatic carbocycles. The largest absolute Gasteiger partial charge is 0.412 e. The summed E-state index contributed by atoms with van der Waals surface area (Å²) in [5.74, 6) is 1.05. The van der Waals surface area contributed by atoms with Crippen molar-refractivity contribution >= 4 is 30.6 Å². The van der Waals surface area contributed by atoms with E-state index in [-0.39, 0.29) is 35.8 Å². The van der Waals surface area contributed by atoms with Crippen molar-refractivity contribution in [1.29, 1.82) is 0 Å². The van der Waals surface area contributed by atoms with E-state index in [4.69, 9.17) is 0 Å². The highest BCUT2D eigenvalue weighted by atomic mass is 35.5. The zero-order valence-electron chi connectivity index (χ0n) is 15.3. The number of halogens is 2. The van der Waals surface area contributed by atoms with Crippen molar-refractivity contribution in [1.82, 2.24) is 4.98 Å². The molecule has 3 nitrogen and oxygen atoms in total. The fraction of sp³-hybridized carbons (Fsp3) is 0.227. The second kappa shape index (κ2) is 9.75. The first-order chi connectivity index (χ1) is 11.8. The molecule has 0 amide bonds. The van der Waals surface area contributed by atoms with Crippen LogP contribution in [0.25, 0.3) is 11.1 Å². The van der Waals surface area contributed by atoms with E-state index < -0.39 is 0 Å². The van der Waals surface area contributed by atoms with Crippen LogP contribution in [0.2, 0.25) is 0 Å². The van der Waals surface area contributed by atoms with E-state index in [0.717, 1.165) is 5.82 Å². The maximum atomic E-state index is 4.54. The molecule has 5 heteroatoms. The molecule has 0 unspecified atom stereocenters. The number of benzene rings is 2. The minimum absolute atomic E-state index is 0. The van der Waals surface area contributed by atoms with Crippen molar-refractivity contribution in [3.63, 3.8) is 0 Å². The van der Waals surface area contributed by atoms with E-state index in [1.807, 2.05) is 12.3 Å². The Morgan fingerprint density at radius 2 is 1.37 bits per heavy atom. The third-order valence-corrected chi connectivity index (χ3v) is 5.35. The van der Waals surface area contributed by atoms with Gasteiger partial charge in [0.25, 0.3) is 0 Å². The molecule has 1 aliphatic carbocycles. The Kier molecular flexibility index (Phi) is 8.29. The Labute approximate surface area is 173 Å². The van der Waals surface area contributed by atoms with Gasteiger partial charge in [0, 0.05) is 13.2 Å². The van der Waals surface area contributed by atoms with E-state index >= 15 is 0 Å².